The molecule has 1 amide bonds. The molecule has 3 N–H and O–H groups in total. The van der Waals surface area contributed by atoms with Gasteiger partial charge in [-0.2, -0.15) is 0 Å². The molecule has 1 heterocycles. The Morgan fingerprint density at radius 2 is 1.64 bits per heavy atom. The van der Waals surface area contributed by atoms with Gasteiger partial charge in [-0.1, -0.05) is 36.0 Å². The Hall–Kier alpha value is -2.94. The average Bonchev–Trinajstić information content (AvgIpc) is 3.02. The molecule has 0 saturated heterocycles. The van der Waals surface area contributed by atoms with Crippen molar-refractivity contribution in [3.63, 3.8) is 0 Å². The highest BCUT2D eigenvalue weighted by atomic mass is 32.2. The highest BCUT2D eigenvalue weighted by Gasteiger charge is 2.19. The SMILES string of the molecule is C[C@H](Sc1nnc(Cc2ccc(F)cc2)n1N)C(=O)NCc1ccc(F)cc1. The predicted molar refractivity (Wildman–Crippen MR) is 103 cm³/mol. The smallest absolute Gasteiger partial charge is 0.233 e. The van der Waals surface area contributed by atoms with E-state index in [4.69, 9.17) is 5.84 Å². The molecule has 0 fully saturated rings. The normalized spacial score (nSPS) is 12.0. The number of hydrogen-bond donors (Lipinski definition) is 2. The third-order valence-corrected chi connectivity index (χ3v) is 5.10. The predicted octanol–water partition coefficient (Wildman–Crippen LogP) is 2.66. The van der Waals surface area contributed by atoms with Crippen LogP contribution in [0.1, 0.15) is 23.9 Å². The number of benzene rings is 2. The Morgan fingerprint density at radius 1 is 1.07 bits per heavy atom. The second-order valence-electron chi connectivity index (χ2n) is 6.18. The summed E-state index contributed by atoms with van der Waals surface area (Å²) in [5.74, 6) is 5.72. The summed E-state index contributed by atoms with van der Waals surface area (Å²) in [6.07, 6.45) is 0.398. The van der Waals surface area contributed by atoms with E-state index in [0.29, 0.717) is 23.9 Å². The molecule has 0 aliphatic heterocycles. The van der Waals surface area contributed by atoms with Crippen LogP contribution in [-0.2, 0) is 17.8 Å². The zero-order valence-corrected chi connectivity index (χ0v) is 15.9. The maximum atomic E-state index is 13.0. The first-order valence-electron chi connectivity index (χ1n) is 8.55. The van der Waals surface area contributed by atoms with Crippen molar-refractivity contribution in [1.82, 2.24) is 20.2 Å². The van der Waals surface area contributed by atoms with Gasteiger partial charge in [-0.25, -0.2) is 13.5 Å². The number of halogens is 2. The lowest BCUT2D eigenvalue weighted by Gasteiger charge is -2.11. The molecule has 0 bridgehead atoms. The number of nitrogens with one attached hydrogen (secondary N) is 1. The highest BCUT2D eigenvalue weighted by Crippen LogP contribution is 2.21. The minimum Gasteiger partial charge on any atom is -0.351 e. The number of rotatable bonds is 7. The Labute approximate surface area is 165 Å². The topological polar surface area (TPSA) is 85.8 Å². The first-order chi connectivity index (χ1) is 13.4. The lowest BCUT2D eigenvalue weighted by Crippen LogP contribution is -2.31. The van der Waals surface area contributed by atoms with E-state index in [0.717, 1.165) is 11.1 Å². The first-order valence-corrected chi connectivity index (χ1v) is 9.43. The van der Waals surface area contributed by atoms with Gasteiger partial charge in [0.25, 0.3) is 0 Å². The maximum absolute atomic E-state index is 13.0. The molecule has 146 valence electrons. The minimum absolute atomic E-state index is 0.197. The summed E-state index contributed by atoms with van der Waals surface area (Å²) in [6, 6.07) is 12.0. The number of thioether (sulfide) groups is 1. The molecule has 3 aromatic rings. The van der Waals surface area contributed by atoms with Crippen molar-refractivity contribution >= 4 is 17.7 Å². The number of nitrogens with zero attached hydrogens (tertiary/aromatic N) is 3. The summed E-state index contributed by atoms with van der Waals surface area (Å²) in [5, 5.41) is 10.8. The number of carbonyl (C=O) groups excluding carboxylic acids is 1. The molecule has 0 radical (unpaired) electrons. The molecule has 0 aliphatic carbocycles. The van der Waals surface area contributed by atoms with Crippen LogP contribution in [0.5, 0.6) is 0 Å². The van der Waals surface area contributed by atoms with Crippen LogP contribution in [0.15, 0.2) is 53.7 Å². The van der Waals surface area contributed by atoms with Crippen molar-refractivity contribution in [2.24, 2.45) is 0 Å². The highest BCUT2D eigenvalue weighted by molar-refractivity contribution is 8.00. The van der Waals surface area contributed by atoms with Crippen LogP contribution >= 0.6 is 11.8 Å². The van der Waals surface area contributed by atoms with Crippen LogP contribution in [0.2, 0.25) is 0 Å². The summed E-state index contributed by atoms with van der Waals surface area (Å²) in [7, 11) is 0. The van der Waals surface area contributed by atoms with Crippen molar-refractivity contribution < 1.29 is 13.6 Å². The van der Waals surface area contributed by atoms with Gasteiger partial charge in [0.15, 0.2) is 5.82 Å². The van der Waals surface area contributed by atoms with Crippen molar-refractivity contribution in [2.75, 3.05) is 5.84 Å². The Bertz CT molecular complexity index is 944. The van der Waals surface area contributed by atoms with Gasteiger partial charge in [-0.05, 0) is 42.3 Å². The molecular formula is C19H19F2N5OS. The second-order valence-corrected chi connectivity index (χ2v) is 7.48. The quantitative estimate of drug-likeness (QED) is 0.468. The van der Waals surface area contributed by atoms with Crippen molar-refractivity contribution in [3.8, 4) is 0 Å². The van der Waals surface area contributed by atoms with Gasteiger partial charge in [0, 0.05) is 13.0 Å². The number of nitrogen functional groups attached to an aromatic ring is 1. The molecule has 0 aliphatic rings. The summed E-state index contributed by atoms with van der Waals surface area (Å²) >= 11 is 1.18. The van der Waals surface area contributed by atoms with Crippen LogP contribution in [0.4, 0.5) is 8.78 Å². The Morgan fingerprint density at radius 3 is 2.25 bits per heavy atom. The molecular weight excluding hydrogens is 384 g/mol. The van der Waals surface area contributed by atoms with E-state index in [2.05, 4.69) is 15.5 Å². The molecule has 6 nitrogen and oxygen atoms in total. The van der Waals surface area contributed by atoms with Gasteiger partial charge in [0.1, 0.15) is 11.6 Å². The number of nitrogens with two attached hydrogens (primary N) is 1. The average molecular weight is 403 g/mol. The number of aromatic nitrogens is 3. The fraction of sp³-hybridized carbons (Fsp3) is 0.211. The van der Waals surface area contributed by atoms with Gasteiger partial charge in [0.05, 0.1) is 5.25 Å². The summed E-state index contributed by atoms with van der Waals surface area (Å²) in [6.45, 7) is 2.04. The van der Waals surface area contributed by atoms with Gasteiger partial charge >= 0.3 is 0 Å². The van der Waals surface area contributed by atoms with Gasteiger partial charge in [0.2, 0.25) is 11.1 Å². The van der Waals surface area contributed by atoms with E-state index in [1.54, 1.807) is 31.2 Å². The minimum atomic E-state index is -0.453. The van der Waals surface area contributed by atoms with Crippen molar-refractivity contribution in [1.29, 1.82) is 0 Å². The lowest BCUT2D eigenvalue weighted by molar-refractivity contribution is -0.120. The molecule has 1 atom stereocenters. The van der Waals surface area contributed by atoms with Gasteiger partial charge in [-0.3, -0.25) is 4.79 Å². The fourth-order valence-corrected chi connectivity index (χ4v) is 3.25. The maximum Gasteiger partial charge on any atom is 0.233 e. The third-order valence-electron chi connectivity index (χ3n) is 4.04. The van der Waals surface area contributed by atoms with Crippen LogP contribution in [0, 0.1) is 11.6 Å². The molecule has 3 rings (SSSR count). The molecule has 0 spiro atoms. The second kappa shape index (κ2) is 8.83. The summed E-state index contributed by atoms with van der Waals surface area (Å²) in [4.78, 5) is 12.3. The summed E-state index contributed by atoms with van der Waals surface area (Å²) < 4.78 is 27.2. The standard InChI is InChI=1S/C19H19F2N5OS/c1-12(18(27)23-11-14-4-8-16(21)9-5-14)28-19-25-24-17(26(19)22)10-13-2-6-15(20)7-3-13/h2-9,12H,10-11,22H2,1H3,(H,23,27)/t12-/m0/s1. The number of amides is 1. The lowest BCUT2D eigenvalue weighted by atomic mass is 10.1. The zero-order valence-electron chi connectivity index (χ0n) is 15.1. The van der Waals surface area contributed by atoms with E-state index >= 15 is 0 Å². The van der Waals surface area contributed by atoms with E-state index < -0.39 is 5.25 Å². The van der Waals surface area contributed by atoms with Crippen molar-refractivity contribution in [3.05, 3.63) is 77.1 Å². The first kappa shape index (κ1) is 19.8. The molecule has 0 unspecified atom stereocenters. The zero-order chi connectivity index (χ0) is 20.1. The molecule has 28 heavy (non-hydrogen) atoms. The van der Waals surface area contributed by atoms with E-state index in [-0.39, 0.29) is 17.5 Å². The molecule has 1 aromatic heterocycles. The third kappa shape index (κ3) is 5.07. The van der Waals surface area contributed by atoms with E-state index in [1.165, 1.54) is 40.7 Å². The van der Waals surface area contributed by atoms with E-state index in [1.807, 2.05) is 0 Å². The largest absolute Gasteiger partial charge is 0.351 e. The van der Waals surface area contributed by atoms with Crippen LogP contribution in [-0.4, -0.2) is 26.0 Å². The summed E-state index contributed by atoms with van der Waals surface area (Å²) in [5.41, 5.74) is 1.65. The van der Waals surface area contributed by atoms with Crippen LogP contribution in [0.3, 0.4) is 0 Å². The monoisotopic (exact) mass is 403 g/mol. The van der Waals surface area contributed by atoms with Gasteiger partial charge < -0.3 is 11.2 Å². The molecule has 2 aromatic carbocycles. The van der Waals surface area contributed by atoms with Crippen molar-refractivity contribution in [2.45, 2.75) is 30.3 Å². The van der Waals surface area contributed by atoms with E-state index in [9.17, 15) is 13.6 Å². The number of hydrogen-bond acceptors (Lipinski definition) is 5. The van der Waals surface area contributed by atoms with Gasteiger partial charge in [-0.15, -0.1) is 10.2 Å². The molecule has 9 heteroatoms. The Balaban J connectivity index is 1.56. The van der Waals surface area contributed by atoms with Crippen LogP contribution < -0.4 is 11.2 Å². The van der Waals surface area contributed by atoms with Crippen LogP contribution in [0.25, 0.3) is 0 Å². The fourth-order valence-electron chi connectivity index (χ4n) is 2.44. The Kier molecular flexibility index (Phi) is 6.25. The number of carbonyl (C=O) groups is 1. The molecule has 0 saturated carbocycles.